The molecule has 0 radical (unpaired) electrons. The molecule has 106 valence electrons. The molecule has 0 amide bonds. The maximum Gasteiger partial charge on any atom is 0.159 e. The summed E-state index contributed by atoms with van der Waals surface area (Å²) in [7, 11) is 4.14. The van der Waals surface area contributed by atoms with E-state index in [2.05, 4.69) is 29.0 Å². The van der Waals surface area contributed by atoms with Crippen molar-refractivity contribution in [3.8, 4) is 0 Å². The fraction of sp³-hybridized carbons (Fsp3) is 0.375. The molecule has 1 heterocycles. The van der Waals surface area contributed by atoms with Crippen LogP contribution in [0.5, 0.6) is 0 Å². The average molecular weight is 271 g/mol. The van der Waals surface area contributed by atoms with Crippen molar-refractivity contribution in [2.24, 2.45) is 0 Å². The zero-order valence-electron chi connectivity index (χ0n) is 12.3. The van der Waals surface area contributed by atoms with Gasteiger partial charge in [0.1, 0.15) is 5.82 Å². The molecule has 0 aliphatic heterocycles. The van der Waals surface area contributed by atoms with Gasteiger partial charge in [-0.2, -0.15) is 0 Å². The van der Waals surface area contributed by atoms with E-state index in [0.717, 1.165) is 24.4 Å². The summed E-state index contributed by atoms with van der Waals surface area (Å²) in [6.07, 6.45) is 4.61. The zero-order chi connectivity index (χ0) is 14.5. The third-order valence-electron chi connectivity index (χ3n) is 3.43. The lowest BCUT2D eigenvalue weighted by Gasteiger charge is -2.18. The molecule has 0 aliphatic rings. The second kappa shape index (κ2) is 6.48. The molecule has 4 nitrogen and oxygen atoms in total. The Balaban J connectivity index is 2.24. The summed E-state index contributed by atoms with van der Waals surface area (Å²) in [5.41, 5.74) is 1.94. The summed E-state index contributed by atoms with van der Waals surface area (Å²) >= 11 is 0. The monoisotopic (exact) mass is 271 g/mol. The molecule has 20 heavy (non-hydrogen) atoms. The van der Waals surface area contributed by atoms with Gasteiger partial charge >= 0.3 is 0 Å². The van der Waals surface area contributed by atoms with Crippen LogP contribution in [0, 0.1) is 0 Å². The first-order valence-electron chi connectivity index (χ1n) is 6.83. The summed E-state index contributed by atoms with van der Waals surface area (Å²) in [6, 6.07) is 7.84. The Morgan fingerprint density at radius 1 is 1.30 bits per heavy atom. The standard InChI is InChI=1S/C16H21N3O/c1-12(20)13-4-6-14(7-5-13)15(8-11-19(2)3)16-17-9-10-18-16/h4-7,9-10,15H,8,11H2,1-3H3,(H,17,18). The average Bonchev–Trinajstić information content (AvgIpc) is 2.93. The number of hydrogen-bond donors (Lipinski definition) is 1. The molecule has 0 fully saturated rings. The lowest BCUT2D eigenvalue weighted by Crippen LogP contribution is -2.17. The summed E-state index contributed by atoms with van der Waals surface area (Å²) in [4.78, 5) is 21.1. The molecule has 0 bridgehead atoms. The molecule has 2 rings (SSSR count). The minimum absolute atomic E-state index is 0.0967. The first-order valence-corrected chi connectivity index (χ1v) is 6.83. The smallest absolute Gasteiger partial charge is 0.159 e. The number of rotatable bonds is 6. The van der Waals surface area contributed by atoms with E-state index >= 15 is 0 Å². The number of H-pyrrole nitrogens is 1. The molecular formula is C16H21N3O. The predicted octanol–water partition coefficient (Wildman–Crippen LogP) is 2.70. The Hall–Kier alpha value is -1.94. The van der Waals surface area contributed by atoms with Crippen molar-refractivity contribution in [3.63, 3.8) is 0 Å². The highest BCUT2D eigenvalue weighted by atomic mass is 16.1. The summed E-state index contributed by atoms with van der Waals surface area (Å²) < 4.78 is 0. The number of aromatic amines is 1. The third-order valence-corrected chi connectivity index (χ3v) is 3.43. The molecule has 1 unspecified atom stereocenters. The van der Waals surface area contributed by atoms with Crippen molar-refractivity contribution < 1.29 is 4.79 Å². The number of benzene rings is 1. The van der Waals surface area contributed by atoms with Crippen LogP contribution in [0.1, 0.15) is 41.0 Å². The third kappa shape index (κ3) is 3.54. The Kier molecular flexibility index (Phi) is 4.69. The predicted molar refractivity (Wildman–Crippen MR) is 80.0 cm³/mol. The van der Waals surface area contributed by atoms with Gasteiger partial charge in [-0.25, -0.2) is 4.98 Å². The van der Waals surface area contributed by atoms with Crippen LogP contribution in [0.2, 0.25) is 0 Å². The van der Waals surface area contributed by atoms with Crippen molar-refractivity contribution in [1.82, 2.24) is 14.9 Å². The van der Waals surface area contributed by atoms with Gasteiger partial charge in [-0.3, -0.25) is 4.79 Å². The van der Waals surface area contributed by atoms with Crippen LogP contribution in [0.4, 0.5) is 0 Å². The van der Waals surface area contributed by atoms with E-state index in [0.29, 0.717) is 0 Å². The van der Waals surface area contributed by atoms with Gasteiger partial charge in [0.25, 0.3) is 0 Å². The molecule has 1 atom stereocenters. The fourth-order valence-electron chi connectivity index (χ4n) is 2.27. The number of imidazole rings is 1. The number of aromatic nitrogens is 2. The molecule has 0 aliphatic carbocycles. The largest absolute Gasteiger partial charge is 0.348 e. The van der Waals surface area contributed by atoms with Crippen molar-refractivity contribution in [3.05, 3.63) is 53.6 Å². The Morgan fingerprint density at radius 3 is 2.50 bits per heavy atom. The van der Waals surface area contributed by atoms with Crippen molar-refractivity contribution in [2.45, 2.75) is 19.3 Å². The van der Waals surface area contributed by atoms with Gasteiger partial charge in [0.05, 0.1) is 0 Å². The Bertz CT molecular complexity index is 544. The van der Waals surface area contributed by atoms with Crippen molar-refractivity contribution >= 4 is 5.78 Å². The van der Waals surface area contributed by atoms with Crippen LogP contribution in [0.15, 0.2) is 36.7 Å². The number of Topliss-reactive ketones (excluding diaryl/α,β-unsaturated/α-hetero) is 1. The molecular weight excluding hydrogens is 250 g/mol. The highest BCUT2D eigenvalue weighted by molar-refractivity contribution is 5.94. The van der Waals surface area contributed by atoms with E-state index < -0.39 is 0 Å². The fourth-order valence-corrected chi connectivity index (χ4v) is 2.27. The van der Waals surface area contributed by atoms with Gasteiger partial charge < -0.3 is 9.88 Å². The highest BCUT2D eigenvalue weighted by Crippen LogP contribution is 2.25. The van der Waals surface area contributed by atoms with E-state index in [-0.39, 0.29) is 11.7 Å². The SMILES string of the molecule is CC(=O)c1ccc(C(CCN(C)C)c2ncc[nH]2)cc1. The number of carbonyl (C=O) groups excluding carboxylic acids is 1. The number of nitrogens with one attached hydrogen (secondary N) is 1. The van der Waals surface area contributed by atoms with Gasteiger partial charge in [0.2, 0.25) is 0 Å². The first-order chi connectivity index (χ1) is 9.58. The van der Waals surface area contributed by atoms with Crippen molar-refractivity contribution in [1.29, 1.82) is 0 Å². The van der Waals surface area contributed by atoms with Crippen LogP contribution < -0.4 is 0 Å². The van der Waals surface area contributed by atoms with Crippen LogP contribution >= 0.6 is 0 Å². The van der Waals surface area contributed by atoms with E-state index in [1.807, 2.05) is 30.5 Å². The van der Waals surface area contributed by atoms with E-state index in [1.54, 1.807) is 13.1 Å². The van der Waals surface area contributed by atoms with Crippen molar-refractivity contribution in [2.75, 3.05) is 20.6 Å². The van der Waals surface area contributed by atoms with Gasteiger partial charge in [0, 0.05) is 23.9 Å². The lowest BCUT2D eigenvalue weighted by atomic mass is 9.93. The second-order valence-corrected chi connectivity index (χ2v) is 5.30. The number of ketones is 1. The zero-order valence-corrected chi connectivity index (χ0v) is 12.3. The minimum Gasteiger partial charge on any atom is -0.348 e. The van der Waals surface area contributed by atoms with Gasteiger partial charge in [-0.05, 0) is 39.5 Å². The van der Waals surface area contributed by atoms with Gasteiger partial charge in [0.15, 0.2) is 5.78 Å². The topological polar surface area (TPSA) is 49.0 Å². The summed E-state index contributed by atoms with van der Waals surface area (Å²) in [5.74, 6) is 1.30. The van der Waals surface area contributed by atoms with E-state index in [9.17, 15) is 4.79 Å². The normalized spacial score (nSPS) is 12.6. The van der Waals surface area contributed by atoms with Crippen LogP contribution in [-0.4, -0.2) is 41.3 Å². The molecule has 1 N–H and O–H groups in total. The molecule has 1 aromatic carbocycles. The number of nitrogens with zero attached hydrogens (tertiary/aromatic N) is 2. The second-order valence-electron chi connectivity index (χ2n) is 5.30. The van der Waals surface area contributed by atoms with E-state index in [4.69, 9.17) is 0 Å². The molecule has 0 saturated carbocycles. The first kappa shape index (κ1) is 14.5. The quantitative estimate of drug-likeness (QED) is 0.822. The maximum atomic E-state index is 11.3. The Labute approximate surface area is 119 Å². The van der Waals surface area contributed by atoms with Gasteiger partial charge in [-0.15, -0.1) is 0 Å². The van der Waals surface area contributed by atoms with Gasteiger partial charge in [-0.1, -0.05) is 24.3 Å². The summed E-state index contributed by atoms with van der Waals surface area (Å²) in [6.45, 7) is 2.57. The highest BCUT2D eigenvalue weighted by Gasteiger charge is 2.17. The molecule has 0 saturated heterocycles. The summed E-state index contributed by atoms with van der Waals surface area (Å²) in [5, 5.41) is 0. The van der Waals surface area contributed by atoms with Crippen LogP contribution in [0.3, 0.4) is 0 Å². The van der Waals surface area contributed by atoms with Crippen LogP contribution in [0.25, 0.3) is 0 Å². The molecule has 1 aromatic heterocycles. The molecule has 4 heteroatoms. The molecule has 2 aromatic rings. The van der Waals surface area contributed by atoms with E-state index in [1.165, 1.54) is 5.56 Å². The lowest BCUT2D eigenvalue weighted by molar-refractivity contribution is 0.101. The Morgan fingerprint density at radius 2 is 2.00 bits per heavy atom. The number of carbonyl (C=O) groups is 1. The number of hydrogen-bond acceptors (Lipinski definition) is 3. The van der Waals surface area contributed by atoms with Crippen LogP contribution in [-0.2, 0) is 0 Å². The maximum absolute atomic E-state index is 11.3. The molecule has 0 spiro atoms. The minimum atomic E-state index is 0.0967.